The zero-order valence-corrected chi connectivity index (χ0v) is 19.7. The average Bonchev–Trinajstić information content (AvgIpc) is 2.89. The number of anilines is 1. The first-order chi connectivity index (χ1) is 13.4. The highest BCUT2D eigenvalue weighted by molar-refractivity contribution is 7.60. The maximum absolute atomic E-state index is 11.4. The zero-order chi connectivity index (χ0) is 22.2. The van der Waals surface area contributed by atoms with Crippen LogP contribution in [-0.2, 0) is 35.7 Å². The maximum atomic E-state index is 11.4. The van der Waals surface area contributed by atoms with Crippen LogP contribution in [0.15, 0.2) is 11.7 Å². The van der Waals surface area contributed by atoms with E-state index in [1.165, 1.54) is 18.3 Å². The van der Waals surface area contributed by atoms with E-state index in [2.05, 4.69) is 18.8 Å². The molecule has 2 rings (SSSR count). The average molecular weight is 505 g/mol. The van der Waals surface area contributed by atoms with Crippen LogP contribution in [0.5, 0.6) is 0 Å². The van der Waals surface area contributed by atoms with Gasteiger partial charge < -0.3 is 37.6 Å². The zero-order valence-electron chi connectivity index (χ0n) is 16.3. The van der Waals surface area contributed by atoms with Crippen molar-refractivity contribution in [1.82, 2.24) is 9.97 Å². The first kappa shape index (κ1) is 28.7. The van der Waals surface area contributed by atoms with E-state index >= 15 is 0 Å². The summed E-state index contributed by atoms with van der Waals surface area (Å²) in [5.74, 6) is 0.985. The van der Waals surface area contributed by atoms with E-state index in [4.69, 9.17) is 20.3 Å². The number of hydrogen-bond acceptors (Lipinski definition) is 9. The van der Waals surface area contributed by atoms with Crippen LogP contribution in [0.3, 0.4) is 0 Å². The van der Waals surface area contributed by atoms with Gasteiger partial charge in [-0.3, -0.25) is 4.52 Å². The van der Waals surface area contributed by atoms with Gasteiger partial charge in [0.05, 0.1) is 17.0 Å². The quantitative estimate of drug-likeness (QED) is 0.178. The molecule has 0 amide bonds. The first-order valence-corrected chi connectivity index (χ1v) is 12.0. The van der Waals surface area contributed by atoms with Gasteiger partial charge in [-0.2, -0.15) is 8.88 Å². The van der Waals surface area contributed by atoms with Crippen molar-refractivity contribution in [3.63, 3.8) is 0 Å². The third-order valence-electron chi connectivity index (χ3n) is 3.31. The Balaban J connectivity index is 0.00000198. The van der Waals surface area contributed by atoms with Crippen LogP contribution >= 0.6 is 27.0 Å². The number of phosphoric ester groups is 1. The van der Waals surface area contributed by atoms with Gasteiger partial charge in [0.15, 0.2) is 12.2 Å². The first-order valence-electron chi connectivity index (χ1n) is 8.07. The molecule has 12 nitrogen and oxygen atoms in total. The van der Waals surface area contributed by atoms with Gasteiger partial charge in [0.2, 0.25) is 5.51 Å². The Morgan fingerprint density at radius 1 is 1.30 bits per heavy atom. The number of aryl methyl sites for hydroxylation is 1. The standard InChI is InChI=1S/C12H18N4O7P2S.C2H4O.ClH/c1-8-11(3-4-22-25(20,21)23-24(17,18)19)26-7-16(8)6-10-5-14-9(2)15-12(10)13;1-2-3;/h5,7H,3-4,6H2,1-2H3,(H4-,13,14,15,17,18,19,20,21);2H,1H3;1H. The summed E-state index contributed by atoms with van der Waals surface area (Å²) in [6.45, 7) is 5.28. The third-order valence-corrected chi connectivity index (χ3v) is 6.64. The molecule has 2 aromatic heterocycles. The van der Waals surface area contributed by atoms with Crippen molar-refractivity contribution in [2.24, 2.45) is 0 Å². The van der Waals surface area contributed by atoms with Crippen molar-refractivity contribution < 1.29 is 54.4 Å². The number of carbonyl (C=O) groups excluding carboxylic acids is 1. The van der Waals surface area contributed by atoms with Gasteiger partial charge in [-0.05, 0) is 13.8 Å². The summed E-state index contributed by atoms with van der Waals surface area (Å²) in [7, 11) is -9.94. The second kappa shape index (κ2) is 12.6. The number of phosphoric acid groups is 2. The fraction of sp³-hybridized carbons (Fsp3) is 0.429. The molecule has 2 aromatic rings. The Labute approximate surface area is 183 Å². The molecule has 0 saturated carbocycles. The monoisotopic (exact) mass is 504 g/mol. The number of carbonyl (C=O) groups is 1. The second-order valence-electron chi connectivity index (χ2n) is 5.55. The van der Waals surface area contributed by atoms with Crippen LogP contribution in [0, 0.1) is 13.8 Å². The fourth-order valence-corrected chi connectivity index (χ4v) is 4.64. The molecule has 1 atom stereocenters. The minimum absolute atomic E-state index is 0. The molecule has 170 valence electrons. The SMILES string of the molecule is CC=O.Cc1ncc(C[n+]2csc(CCOP(=O)(O)OP(=O)(O)O)c2C)c(N)n1.[Cl-]. The lowest BCUT2D eigenvalue weighted by Gasteiger charge is -2.11. The molecular formula is C14H23ClN4O8P2S. The minimum atomic E-state index is -5.12. The molecule has 0 bridgehead atoms. The molecular weight excluding hydrogens is 482 g/mol. The molecule has 0 aliphatic heterocycles. The molecule has 30 heavy (non-hydrogen) atoms. The van der Waals surface area contributed by atoms with E-state index in [-0.39, 0.29) is 25.4 Å². The van der Waals surface area contributed by atoms with Crippen molar-refractivity contribution >= 4 is 39.1 Å². The van der Waals surface area contributed by atoms with Crippen molar-refractivity contribution in [3.8, 4) is 0 Å². The number of nitrogen functional groups attached to an aromatic ring is 1. The number of rotatable bonds is 8. The lowest BCUT2D eigenvalue weighted by molar-refractivity contribution is -0.689. The van der Waals surface area contributed by atoms with Gasteiger partial charge in [0, 0.05) is 19.5 Å². The lowest BCUT2D eigenvalue weighted by Crippen LogP contribution is -3.00. The third kappa shape index (κ3) is 10.2. The van der Waals surface area contributed by atoms with E-state index in [1.54, 1.807) is 13.1 Å². The molecule has 0 saturated heterocycles. The molecule has 0 aromatic carbocycles. The Kier molecular flexibility index (Phi) is 12.0. The van der Waals surface area contributed by atoms with Crippen molar-refractivity contribution in [2.45, 2.75) is 33.7 Å². The summed E-state index contributed by atoms with van der Waals surface area (Å²) < 4.78 is 32.2. The highest BCUT2D eigenvalue weighted by Crippen LogP contribution is 2.57. The van der Waals surface area contributed by atoms with Crippen molar-refractivity contribution in [1.29, 1.82) is 0 Å². The van der Waals surface area contributed by atoms with E-state index in [0.29, 0.717) is 18.2 Å². The largest absolute Gasteiger partial charge is 1.00 e. The summed E-state index contributed by atoms with van der Waals surface area (Å²) in [6.07, 6.45) is 2.67. The molecule has 16 heteroatoms. The molecule has 0 fully saturated rings. The van der Waals surface area contributed by atoms with Crippen LogP contribution in [0.1, 0.15) is 28.9 Å². The lowest BCUT2D eigenvalue weighted by atomic mass is 10.2. The summed E-state index contributed by atoms with van der Waals surface area (Å²) >= 11 is 1.40. The Morgan fingerprint density at radius 2 is 1.90 bits per heavy atom. The van der Waals surface area contributed by atoms with Crippen LogP contribution in [-0.4, -0.2) is 37.5 Å². The number of nitrogens with zero attached hydrogens (tertiary/aromatic N) is 3. The maximum Gasteiger partial charge on any atom is 0.481 e. The summed E-state index contributed by atoms with van der Waals surface area (Å²) in [5.41, 5.74) is 9.40. The predicted molar refractivity (Wildman–Crippen MR) is 104 cm³/mol. The number of thiazole rings is 1. The highest BCUT2D eigenvalue weighted by Gasteiger charge is 2.32. The normalized spacial score (nSPS) is 12.9. The highest BCUT2D eigenvalue weighted by atomic mass is 35.5. The van der Waals surface area contributed by atoms with E-state index in [0.717, 1.165) is 22.4 Å². The Bertz CT molecular complexity index is 939. The molecule has 2 heterocycles. The summed E-state index contributed by atoms with van der Waals surface area (Å²) in [5, 5.41) is 0. The Hall–Kier alpha value is -1.27. The van der Waals surface area contributed by atoms with E-state index < -0.39 is 15.6 Å². The van der Waals surface area contributed by atoms with Crippen LogP contribution in [0.2, 0.25) is 0 Å². The summed E-state index contributed by atoms with van der Waals surface area (Å²) in [4.78, 5) is 44.3. The molecule has 0 aliphatic carbocycles. The molecule has 1 unspecified atom stereocenters. The topological polar surface area (TPSA) is 186 Å². The number of aromatic nitrogens is 3. The van der Waals surface area contributed by atoms with Gasteiger partial charge in [-0.15, -0.1) is 0 Å². The van der Waals surface area contributed by atoms with Gasteiger partial charge in [0.1, 0.15) is 17.9 Å². The van der Waals surface area contributed by atoms with Crippen LogP contribution in [0.4, 0.5) is 5.82 Å². The number of aldehydes is 1. The molecule has 5 N–H and O–H groups in total. The van der Waals surface area contributed by atoms with E-state index in [9.17, 15) is 14.0 Å². The van der Waals surface area contributed by atoms with E-state index in [1.807, 2.05) is 17.0 Å². The number of halogens is 1. The van der Waals surface area contributed by atoms with Gasteiger partial charge in [-0.1, -0.05) is 11.3 Å². The molecule has 0 radical (unpaired) electrons. The van der Waals surface area contributed by atoms with Crippen molar-refractivity contribution in [2.75, 3.05) is 12.3 Å². The number of nitrogens with two attached hydrogens (primary N) is 1. The molecule has 0 spiro atoms. The Morgan fingerprint density at radius 3 is 2.43 bits per heavy atom. The number of hydrogen-bond donors (Lipinski definition) is 4. The smallest absolute Gasteiger partial charge is 0.481 e. The van der Waals surface area contributed by atoms with Crippen LogP contribution in [0.25, 0.3) is 0 Å². The second-order valence-corrected chi connectivity index (χ2v) is 9.32. The van der Waals surface area contributed by atoms with Crippen LogP contribution < -0.4 is 22.7 Å². The minimum Gasteiger partial charge on any atom is -1.00 e. The molecule has 0 aliphatic rings. The summed E-state index contributed by atoms with van der Waals surface area (Å²) in [6, 6.07) is 0. The fourth-order valence-electron chi connectivity index (χ4n) is 2.08. The van der Waals surface area contributed by atoms with Gasteiger partial charge in [-0.25, -0.2) is 19.1 Å². The van der Waals surface area contributed by atoms with Gasteiger partial charge >= 0.3 is 15.6 Å². The predicted octanol–water partition coefficient (Wildman–Crippen LogP) is -1.95. The van der Waals surface area contributed by atoms with Gasteiger partial charge in [0.25, 0.3) is 0 Å². The van der Waals surface area contributed by atoms with Crippen molar-refractivity contribution in [3.05, 3.63) is 33.7 Å².